The van der Waals surface area contributed by atoms with Gasteiger partial charge in [0.25, 0.3) is 0 Å². The Morgan fingerprint density at radius 2 is 1.03 bits per heavy atom. The molecule has 0 unspecified atom stereocenters. The first-order valence-electron chi connectivity index (χ1n) is 12.4. The standard InChI is InChI=1S/C34H29F2N/c1-34(2,3)37(31-20-11-10-19-30(31)35)32-23-28(22-29(33(32)36)25-15-8-5-9-16-25)27-18-12-17-26(21-27)24-13-6-4-7-14-24/h4-23H,1-3H3. The minimum Gasteiger partial charge on any atom is -0.331 e. The normalized spacial score (nSPS) is 11.4. The van der Waals surface area contributed by atoms with E-state index >= 15 is 8.78 Å². The van der Waals surface area contributed by atoms with Gasteiger partial charge in [0.2, 0.25) is 0 Å². The lowest BCUT2D eigenvalue weighted by Gasteiger charge is -2.38. The molecule has 0 saturated carbocycles. The fourth-order valence-corrected chi connectivity index (χ4v) is 4.76. The van der Waals surface area contributed by atoms with Gasteiger partial charge in [-0.2, -0.15) is 0 Å². The Bertz CT molecular complexity index is 1520. The summed E-state index contributed by atoms with van der Waals surface area (Å²) in [5, 5.41) is 0. The number of para-hydroxylation sites is 1. The van der Waals surface area contributed by atoms with Crippen molar-refractivity contribution >= 4 is 11.4 Å². The van der Waals surface area contributed by atoms with Gasteiger partial charge in [0.05, 0.1) is 11.4 Å². The minimum atomic E-state index is -0.596. The summed E-state index contributed by atoms with van der Waals surface area (Å²) >= 11 is 0. The molecule has 5 rings (SSSR count). The van der Waals surface area contributed by atoms with Crippen molar-refractivity contribution in [3.63, 3.8) is 0 Å². The van der Waals surface area contributed by atoms with E-state index < -0.39 is 11.4 Å². The largest absolute Gasteiger partial charge is 0.331 e. The molecule has 5 aromatic carbocycles. The van der Waals surface area contributed by atoms with Crippen LogP contribution in [0.25, 0.3) is 33.4 Å². The number of benzene rings is 5. The van der Waals surface area contributed by atoms with Crippen molar-refractivity contribution in [2.24, 2.45) is 0 Å². The maximum Gasteiger partial charge on any atom is 0.154 e. The molecule has 0 aliphatic carbocycles. The highest BCUT2D eigenvalue weighted by Crippen LogP contribution is 2.42. The van der Waals surface area contributed by atoms with Crippen molar-refractivity contribution in [1.29, 1.82) is 0 Å². The quantitative estimate of drug-likeness (QED) is 0.237. The Labute approximate surface area is 217 Å². The van der Waals surface area contributed by atoms with Crippen LogP contribution in [0, 0.1) is 11.6 Å². The van der Waals surface area contributed by atoms with Crippen LogP contribution in [0.5, 0.6) is 0 Å². The summed E-state index contributed by atoms with van der Waals surface area (Å²) in [4.78, 5) is 1.76. The van der Waals surface area contributed by atoms with Gasteiger partial charge in [0.15, 0.2) is 5.82 Å². The average Bonchev–Trinajstić information content (AvgIpc) is 2.91. The van der Waals surface area contributed by atoms with Gasteiger partial charge in [-0.25, -0.2) is 8.78 Å². The van der Waals surface area contributed by atoms with Crippen LogP contribution in [0.15, 0.2) is 121 Å². The summed E-state index contributed by atoms with van der Waals surface area (Å²) in [5.74, 6) is -0.776. The molecule has 0 saturated heterocycles. The van der Waals surface area contributed by atoms with Gasteiger partial charge in [-0.1, -0.05) is 91.0 Å². The van der Waals surface area contributed by atoms with Gasteiger partial charge >= 0.3 is 0 Å². The highest BCUT2D eigenvalue weighted by molar-refractivity contribution is 5.83. The van der Waals surface area contributed by atoms with Gasteiger partial charge in [-0.05, 0) is 78.9 Å². The van der Waals surface area contributed by atoms with E-state index in [2.05, 4.69) is 24.3 Å². The maximum atomic E-state index is 16.4. The highest BCUT2D eigenvalue weighted by atomic mass is 19.1. The first kappa shape index (κ1) is 24.5. The summed E-state index contributed by atoms with van der Waals surface area (Å²) < 4.78 is 31.5. The van der Waals surface area contributed by atoms with Crippen LogP contribution in [-0.2, 0) is 0 Å². The lowest BCUT2D eigenvalue weighted by Crippen LogP contribution is -2.38. The van der Waals surface area contributed by atoms with E-state index in [0.29, 0.717) is 16.9 Å². The summed E-state index contributed by atoms with van der Waals surface area (Å²) in [6.07, 6.45) is 0. The summed E-state index contributed by atoms with van der Waals surface area (Å²) in [5.41, 5.74) is 5.32. The van der Waals surface area contributed by atoms with E-state index in [1.54, 1.807) is 23.1 Å². The molecule has 0 aromatic heterocycles. The van der Waals surface area contributed by atoms with Gasteiger partial charge in [0.1, 0.15) is 5.82 Å². The predicted octanol–water partition coefficient (Wildman–Crippen LogP) is 9.90. The minimum absolute atomic E-state index is 0.332. The molecule has 0 atom stereocenters. The van der Waals surface area contributed by atoms with Crippen molar-refractivity contribution in [2.45, 2.75) is 26.3 Å². The molecule has 0 fully saturated rings. The van der Waals surface area contributed by atoms with Crippen LogP contribution < -0.4 is 4.90 Å². The average molecular weight is 490 g/mol. The number of nitrogens with zero attached hydrogens (tertiary/aromatic N) is 1. The smallest absolute Gasteiger partial charge is 0.154 e. The highest BCUT2D eigenvalue weighted by Gasteiger charge is 2.30. The first-order valence-corrected chi connectivity index (χ1v) is 12.4. The van der Waals surface area contributed by atoms with E-state index in [-0.39, 0.29) is 5.82 Å². The molecule has 5 aromatic rings. The van der Waals surface area contributed by atoms with Crippen molar-refractivity contribution in [3.05, 3.63) is 133 Å². The number of rotatable bonds is 5. The van der Waals surface area contributed by atoms with Gasteiger partial charge in [-0.3, -0.25) is 0 Å². The Morgan fingerprint density at radius 1 is 0.486 bits per heavy atom. The van der Waals surface area contributed by atoms with E-state index in [1.165, 1.54) is 6.07 Å². The van der Waals surface area contributed by atoms with Crippen LogP contribution in [0.3, 0.4) is 0 Å². The SMILES string of the molecule is CC(C)(C)N(c1ccccc1F)c1cc(-c2cccc(-c3ccccc3)c2)cc(-c2ccccc2)c1F. The zero-order valence-electron chi connectivity index (χ0n) is 21.3. The Morgan fingerprint density at radius 3 is 1.65 bits per heavy atom. The molecule has 0 spiro atoms. The summed E-state index contributed by atoms with van der Waals surface area (Å²) in [7, 11) is 0. The Hall–Kier alpha value is -4.24. The van der Waals surface area contributed by atoms with E-state index in [0.717, 1.165) is 27.8 Å². The maximum absolute atomic E-state index is 16.4. The summed E-state index contributed by atoms with van der Waals surface area (Å²) in [6, 6.07) is 38.2. The van der Waals surface area contributed by atoms with Crippen molar-refractivity contribution < 1.29 is 8.78 Å². The Kier molecular flexibility index (Phi) is 6.62. The van der Waals surface area contributed by atoms with E-state index in [9.17, 15) is 0 Å². The fourth-order valence-electron chi connectivity index (χ4n) is 4.76. The Balaban J connectivity index is 1.77. The predicted molar refractivity (Wildman–Crippen MR) is 151 cm³/mol. The van der Waals surface area contributed by atoms with Crippen LogP contribution in [0.1, 0.15) is 20.8 Å². The number of hydrogen-bond donors (Lipinski definition) is 0. The molecule has 37 heavy (non-hydrogen) atoms. The molecule has 0 aliphatic heterocycles. The molecular formula is C34H29F2N. The lowest BCUT2D eigenvalue weighted by atomic mass is 9.93. The van der Waals surface area contributed by atoms with Crippen molar-refractivity contribution in [1.82, 2.24) is 0 Å². The number of hydrogen-bond acceptors (Lipinski definition) is 1. The van der Waals surface area contributed by atoms with Gasteiger partial charge in [0, 0.05) is 11.1 Å². The first-order chi connectivity index (χ1) is 17.8. The fraction of sp³-hybridized carbons (Fsp3) is 0.118. The van der Waals surface area contributed by atoms with Gasteiger partial charge < -0.3 is 4.90 Å². The zero-order valence-corrected chi connectivity index (χ0v) is 21.3. The second kappa shape index (κ2) is 10.0. The third-order valence-corrected chi connectivity index (χ3v) is 6.45. The third-order valence-electron chi connectivity index (χ3n) is 6.45. The molecule has 184 valence electrons. The molecule has 0 N–H and O–H groups in total. The second-order valence-corrected chi connectivity index (χ2v) is 10.1. The number of halogens is 2. The van der Waals surface area contributed by atoms with Crippen molar-refractivity contribution in [2.75, 3.05) is 4.90 Å². The number of anilines is 2. The van der Waals surface area contributed by atoms with E-state index in [4.69, 9.17) is 0 Å². The monoisotopic (exact) mass is 489 g/mol. The molecule has 0 amide bonds. The van der Waals surface area contributed by atoms with Crippen molar-refractivity contribution in [3.8, 4) is 33.4 Å². The molecule has 1 nitrogen and oxygen atoms in total. The van der Waals surface area contributed by atoms with Gasteiger partial charge in [-0.15, -0.1) is 0 Å². The molecular weight excluding hydrogens is 460 g/mol. The topological polar surface area (TPSA) is 3.24 Å². The summed E-state index contributed by atoms with van der Waals surface area (Å²) in [6.45, 7) is 5.89. The third kappa shape index (κ3) is 5.03. The molecule has 3 heteroatoms. The molecule has 0 radical (unpaired) electrons. The lowest BCUT2D eigenvalue weighted by molar-refractivity contribution is 0.527. The zero-order chi connectivity index (χ0) is 26.0. The van der Waals surface area contributed by atoms with Crippen LogP contribution in [-0.4, -0.2) is 5.54 Å². The van der Waals surface area contributed by atoms with Crippen LogP contribution >= 0.6 is 0 Å². The molecule has 0 bridgehead atoms. The van der Waals surface area contributed by atoms with Crippen LogP contribution in [0.4, 0.5) is 20.2 Å². The van der Waals surface area contributed by atoms with E-state index in [1.807, 2.05) is 93.6 Å². The molecule has 0 heterocycles. The second-order valence-electron chi connectivity index (χ2n) is 10.1. The van der Waals surface area contributed by atoms with Crippen LogP contribution in [0.2, 0.25) is 0 Å². The molecule has 0 aliphatic rings.